The highest BCUT2D eigenvalue weighted by Gasteiger charge is 2.10. The van der Waals surface area contributed by atoms with Crippen molar-refractivity contribution < 1.29 is 0 Å². The first-order valence-electron chi connectivity index (χ1n) is 4.52. The summed E-state index contributed by atoms with van der Waals surface area (Å²) in [5.74, 6) is 0. The lowest BCUT2D eigenvalue weighted by atomic mass is 10.1. The standard InChI is InChI=1S/C11H5Cl4NO/c12-6-3-7(11(17)16-4-6)5-1-8(13)10(15)9(14)2-5/h1-4H,(H,16,17). The zero-order chi connectivity index (χ0) is 12.6. The Kier molecular flexibility index (Phi) is 3.69. The highest BCUT2D eigenvalue weighted by Crippen LogP contribution is 2.34. The lowest BCUT2D eigenvalue weighted by Gasteiger charge is -2.05. The third kappa shape index (κ3) is 2.61. The van der Waals surface area contributed by atoms with E-state index in [1.165, 1.54) is 12.3 Å². The fourth-order valence-corrected chi connectivity index (χ4v) is 2.14. The number of nitrogens with one attached hydrogen (secondary N) is 1. The summed E-state index contributed by atoms with van der Waals surface area (Å²) in [6.45, 7) is 0. The van der Waals surface area contributed by atoms with Gasteiger partial charge in [0.1, 0.15) is 0 Å². The first kappa shape index (κ1) is 12.8. The van der Waals surface area contributed by atoms with Gasteiger partial charge in [-0.25, -0.2) is 0 Å². The molecule has 17 heavy (non-hydrogen) atoms. The van der Waals surface area contributed by atoms with Crippen LogP contribution in [0.5, 0.6) is 0 Å². The number of benzene rings is 1. The van der Waals surface area contributed by atoms with Crippen molar-refractivity contribution in [3.8, 4) is 11.1 Å². The van der Waals surface area contributed by atoms with Crippen molar-refractivity contribution >= 4 is 46.4 Å². The van der Waals surface area contributed by atoms with Crippen LogP contribution in [0.1, 0.15) is 0 Å². The summed E-state index contributed by atoms with van der Waals surface area (Å²) in [6.07, 6.45) is 1.41. The molecule has 0 aliphatic heterocycles. The maximum absolute atomic E-state index is 11.6. The fraction of sp³-hybridized carbons (Fsp3) is 0. The molecular formula is C11H5Cl4NO. The van der Waals surface area contributed by atoms with Gasteiger partial charge in [0.2, 0.25) is 0 Å². The molecule has 0 aliphatic rings. The van der Waals surface area contributed by atoms with Crippen LogP contribution in [-0.4, -0.2) is 4.98 Å². The average molecular weight is 309 g/mol. The minimum atomic E-state index is -0.274. The van der Waals surface area contributed by atoms with Crippen LogP contribution in [-0.2, 0) is 0 Å². The Labute approximate surface area is 117 Å². The number of halogens is 4. The molecule has 2 nitrogen and oxygen atoms in total. The molecule has 1 N–H and O–H groups in total. The summed E-state index contributed by atoms with van der Waals surface area (Å²) in [5, 5.41) is 1.25. The molecule has 0 saturated carbocycles. The number of pyridine rings is 1. The van der Waals surface area contributed by atoms with Crippen molar-refractivity contribution in [2.75, 3.05) is 0 Å². The van der Waals surface area contributed by atoms with Crippen molar-refractivity contribution in [1.29, 1.82) is 0 Å². The molecule has 1 aromatic carbocycles. The predicted octanol–water partition coefficient (Wildman–Crippen LogP) is 4.66. The van der Waals surface area contributed by atoms with Crippen LogP contribution in [0.25, 0.3) is 11.1 Å². The van der Waals surface area contributed by atoms with E-state index in [-0.39, 0.29) is 20.6 Å². The van der Waals surface area contributed by atoms with Crippen LogP contribution in [0.3, 0.4) is 0 Å². The maximum atomic E-state index is 11.6. The van der Waals surface area contributed by atoms with Crippen LogP contribution >= 0.6 is 46.4 Å². The molecule has 2 rings (SSSR count). The van der Waals surface area contributed by atoms with E-state index in [1.54, 1.807) is 12.1 Å². The minimum Gasteiger partial charge on any atom is -0.327 e. The van der Waals surface area contributed by atoms with Crippen LogP contribution in [0.15, 0.2) is 29.2 Å². The SMILES string of the molecule is O=c1[nH]cc(Cl)cc1-c1cc(Cl)c(Cl)c(Cl)c1. The maximum Gasteiger partial charge on any atom is 0.255 e. The van der Waals surface area contributed by atoms with Gasteiger partial charge in [-0.1, -0.05) is 46.4 Å². The van der Waals surface area contributed by atoms with E-state index in [9.17, 15) is 4.79 Å². The minimum absolute atomic E-state index is 0.260. The third-order valence-corrected chi connectivity index (χ3v) is 3.58. The van der Waals surface area contributed by atoms with Gasteiger partial charge in [0.25, 0.3) is 5.56 Å². The molecule has 0 spiro atoms. The summed E-state index contributed by atoms with van der Waals surface area (Å²) in [5.41, 5.74) is 0.676. The van der Waals surface area contributed by atoms with Gasteiger partial charge >= 0.3 is 0 Å². The van der Waals surface area contributed by atoms with Crippen molar-refractivity contribution in [3.05, 3.63) is 54.8 Å². The Balaban J connectivity index is 2.69. The van der Waals surface area contributed by atoms with Gasteiger partial charge in [0.05, 0.1) is 20.1 Å². The predicted molar refractivity (Wildman–Crippen MR) is 72.5 cm³/mol. The number of aromatic amines is 1. The van der Waals surface area contributed by atoms with Gasteiger partial charge in [0.15, 0.2) is 0 Å². The van der Waals surface area contributed by atoms with Gasteiger partial charge in [-0.2, -0.15) is 0 Å². The number of hydrogen-bond acceptors (Lipinski definition) is 1. The zero-order valence-electron chi connectivity index (χ0n) is 8.23. The van der Waals surface area contributed by atoms with Crippen LogP contribution in [0, 0.1) is 0 Å². The Morgan fingerprint density at radius 1 is 0.941 bits per heavy atom. The second kappa shape index (κ2) is 4.91. The van der Waals surface area contributed by atoms with Crippen molar-refractivity contribution in [3.63, 3.8) is 0 Å². The van der Waals surface area contributed by atoms with Crippen LogP contribution in [0.2, 0.25) is 20.1 Å². The molecular weight excluding hydrogens is 304 g/mol. The van der Waals surface area contributed by atoms with Crippen molar-refractivity contribution in [1.82, 2.24) is 4.98 Å². The second-order valence-electron chi connectivity index (χ2n) is 3.31. The van der Waals surface area contributed by atoms with E-state index in [1.807, 2.05) is 0 Å². The summed E-state index contributed by atoms with van der Waals surface area (Å²) >= 11 is 23.4. The molecule has 0 saturated heterocycles. The normalized spacial score (nSPS) is 10.6. The molecule has 0 amide bonds. The molecule has 0 aliphatic carbocycles. The second-order valence-corrected chi connectivity index (χ2v) is 4.94. The number of aromatic nitrogens is 1. The molecule has 1 heterocycles. The smallest absolute Gasteiger partial charge is 0.255 e. The monoisotopic (exact) mass is 307 g/mol. The average Bonchev–Trinajstić information content (AvgIpc) is 2.28. The highest BCUT2D eigenvalue weighted by molar-refractivity contribution is 6.48. The molecule has 2 aromatic rings. The number of hydrogen-bond donors (Lipinski definition) is 1. The van der Waals surface area contributed by atoms with Crippen molar-refractivity contribution in [2.45, 2.75) is 0 Å². The van der Waals surface area contributed by atoms with E-state index in [0.29, 0.717) is 16.1 Å². The first-order valence-corrected chi connectivity index (χ1v) is 6.03. The molecule has 0 fully saturated rings. The molecule has 0 atom stereocenters. The largest absolute Gasteiger partial charge is 0.327 e. The molecule has 0 radical (unpaired) electrons. The summed E-state index contributed by atoms with van der Waals surface area (Å²) in [7, 11) is 0. The molecule has 0 bridgehead atoms. The van der Waals surface area contributed by atoms with E-state index < -0.39 is 0 Å². The highest BCUT2D eigenvalue weighted by atomic mass is 35.5. The summed E-state index contributed by atoms with van der Waals surface area (Å²) in [4.78, 5) is 14.2. The van der Waals surface area contributed by atoms with E-state index in [2.05, 4.69) is 4.98 Å². The lowest BCUT2D eigenvalue weighted by Crippen LogP contribution is -2.07. The van der Waals surface area contributed by atoms with E-state index >= 15 is 0 Å². The van der Waals surface area contributed by atoms with Gasteiger partial charge in [-0.15, -0.1) is 0 Å². The molecule has 6 heteroatoms. The number of H-pyrrole nitrogens is 1. The van der Waals surface area contributed by atoms with Crippen LogP contribution < -0.4 is 5.56 Å². The Hall–Kier alpha value is -0.670. The van der Waals surface area contributed by atoms with Crippen LogP contribution in [0.4, 0.5) is 0 Å². The third-order valence-electron chi connectivity index (χ3n) is 2.16. The quantitative estimate of drug-likeness (QED) is 0.764. The van der Waals surface area contributed by atoms with E-state index in [0.717, 1.165) is 0 Å². The van der Waals surface area contributed by atoms with Gasteiger partial charge in [-0.3, -0.25) is 4.79 Å². The Morgan fingerprint density at radius 3 is 2.12 bits per heavy atom. The van der Waals surface area contributed by atoms with Gasteiger partial charge < -0.3 is 4.98 Å². The van der Waals surface area contributed by atoms with E-state index in [4.69, 9.17) is 46.4 Å². The molecule has 0 unspecified atom stereocenters. The number of rotatable bonds is 1. The topological polar surface area (TPSA) is 32.9 Å². The lowest BCUT2D eigenvalue weighted by molar-refractivity contribution is 1.24. The Bertz CT molecular complexity index is 613. The Morgan fingerprint density at radius 2 is 1.53 bits per heavy atom. The van der Waals surface area contributed by atoms with Gasteiger partial charge in [-0.05, 0) is 23.8 Å². The zero-order valence-corrected chi connectivity index (χ0v) is 11.3. The fourth-order valence-electron chi connectivity index (χ4n) is 1.38. The molecule has 88 valence electrons. The molecule has 1 aromatic heterocycles. The first-order chi connectivity index (χ1) is 7.99. The van der Waals surface area contributed by atoms with Crippen molar-refractivity contribution in [2.24, 2.45) is 0 Å². The van der Waals surface area contributed by atoms with Gasteiger partial charge in [0, 0.05) is 11.8 Å². The summed E-state index contributed by atoms with van der Waals surface area (Å²) < 4.78 is 0. The summed E-state index contributed by atoms with van der Waals surface area (Å²) in [6, 6.07) is 4.67.